The molecule has 0 spiro atoms. The number of piperidine rings is 1. The number of rotatable bonds is 13. The van der Waals surface area contributed by atoms with Crippen LogP contribution in [0.1, 0.15) is 18.1 Å². The van der Waals surface area contributed by atoms with Crippen LogP contribution >= 0.6 is 0 Å². The summed E-state index contributed by atoms with van der Waals surface area (Å²) in [5, 5.41) is 3.48. The van der Waals surface area contributed by atoms with Crippen LogP contribution in [0.3, 0.4) is 0 Å². The van der Waals surface area contributed by atoms with Gasteiger partial charge in [0.05, 0.1) is 6.61 Å². The number of carbonyl (C=O) groups is 1. The third-order valence-corrected chi connectivity index (χ3v) is 7.51. The van der Waals surface area contributed by atoms with Gasteiger partial charge in [0.1, 0.15) is 35.6 Å². The Morgan fingerprint density at radius 1 is 0.905 bits per heavy atom. The van der Waals surface area contributed by atoms with Gasteiger partial charge in [-0.2, -0.15) is 0 Å². The summed E-state index contributed by atoms with van der Waals surface area (Å²) in [6.45, 7) is 4.61. The molecule has 1 unspecified atom stereocenters. The summed E-state index contributed by atoms with van der Waals surface area (Å²) in [6.07, 6.45) is -0.963. The highest BCUT2D eigenvalue weighted by atomic mass is 19.2. The molecule has 0 bridgehead atoms. The molecule has 2 aliphatic rings. The van der Waals surface area contributed by atoms with Crippen molar-refractivity contribution in [2.24, 2.45) is 11.8 Å². The fourth-order valence-electron chi connectivity index (χ4n) is 5.47. The van der Waals surface area contributed by atoms with Gasteiger partial charge in [-0.15, -0.1) is 0 Å². The molecule has 0 amide bonds. The first kappa shape index (κ1) is 29.8. The molecule has 11 heteroatoms. The molecular formula is C31H31F5N2O4. The van der Waals surface area contributed by atoms with E-state index in [-0.39, 0.29) is 30.9 Å². The molecule has 1 saturated carbocycles. The van der Waals surface area contributed by atoms with E-state index in [1.54, 1.807) is 31.2 Å². The molecule has 1 aliphatic heterocycles. The van der Waals surface area contributed by atoms with Crippen LogP contribution in [-0.2, 0) is 22.5 Å². The Hall–Kier alpha value is -3.70. The first-order valence-corrected chi connectivity index (χ1v) is 13.8. The number of ether oxygens (including phenoxy) is 3. The highest BCUT2D eigenvalue weighted by molar-refractivity contribution is 5.75. The number of hydrogen-bond acceptors (Lipinski definition) is 6. The Morgan fingerprint density at radius 2 is 1.57 bits per heavy atom. The maximum atomic E-state index is 14.0. The maximum absolute atomic E-state index is 14.0. The summed E-state index contributed by atoms with van der Waals surface area (Å²) < 4.78 is 84.2. The van der Waals surface area contributed by atoms with Crippen LogP contribution in [0.25, 0.3) is 0 Å². The summed E-state index contributed by atoms with van der Waals surface area (Å²) in [7, 11) is 0. The van der Waals surface area contributed by atoms with Crippen molar-refractivity contribution in [1.29, 1.82) is 0 Å². The molecule has 4 atom stereocenters. The molecule has 1 N–H and O–H groups in total. The van der Waals surface area contributed by atoms with E-state index in [4.69, 9.17) is 14.2 Å². The van der Waals surface area contributed by atoms with E-state index in [9.17, 15) is 26.7 Å². The van der Waals surface area contributed by atoms with Crippen molar-refractivity contribution in [2.75, 3.05) is 32.8 Å². The lowest BCUT2D eigenvalue weighted by atomic mass is 10.1. The Kier molecular flexibility index (Phi) is 9.27. The maximum Gasteiger partial charge on any atom is 0.347 e. The summed E-state index contributed by atoms with van der Waals surface area (Å²) >= 11 is 0. The van der Waals surface area contributed by atoms with Gasteiger partial charge in [-0.05, 0) is 42.5 Å². The van der Waals surface area contributed by atoms with E-state index in [2.05, 4.69) is 10.2 Å². The lowest BCUT2D eigenvalue weighted by molar-refractivity contribution is -0.151. The highest BCUT2D eigenvalue weighted by Gasteiger charge is 2.55. The Bertz CT molecular complexity index is 1370. The molecule has 0 radical (unpaired) electrons. The van der Waals surface area contributed by atoms with E-state index in [1.807, 2.05) is 0 Å². The zero-order valence-electron chi connectivity index (χ0n) is 22.9. The van der Waals surface area contributed by atoms with Crippen LogP contribution in [-0.4, -0.2) is 55.9 Å². The van der Waals surface area contributed by atoms with Gasteiger partial charge in [0.15, 0.2) is 17.7 Å². The molecule has 3 aromatic rings. The molecule has 6 nitrogen and oxygen atoms in total. The molecule has 42 heavy (non-hydrogen) atoms. The van der Waals surface area contributed by atoms with Crippen molar-refractivity contribution in [3.63, 3.8) is 0 Å². The third-order valence-electron chi connectivity index (χ3n) is 7.51. The molecule has 1 heterocycles. The van der Waals surface area contributed by atoms with Crippen LogP contribution in [0.4, 0.5) is 22.0 Å². The zero-order chi connectivity index (χ0) is 29.8. The van der Waals surface area contributed by atoms with Crippen molar-refractivity contribution in [3.8, 4) is 11.5 Å². The second-order valence-electron chi connectivity index (χ2n) is 10.5. The zero-order valence-corrected chi connectivity index (χ0v) is 22.9. The average molecular weight is 591 g/mol. The summed E-state index contributed by atoms with van der Waals surface area (Å²) in [5.41, 5.74) is 0.902. The molecule has 2 fully saturated rings. The van der Waals surface area contributed by atoms with Gasteiger partial charge in [0.25, 0.3) is 0 Å². The lowest BCUT2D eigenvalue weighted by Gasteiger charge is -2.20. The minimum Gasteiger partial charge on any atom is -0.492 e. The lowest BCUT2D eigenvalue weighted by Crippen LogP contribution is -2.33. The quantitative estimate of drug-likeness (QED) is 0.130. The van der Waals surface area contributed by atoms with Gasteiger partial charge in [-0.25, -0.2) is 26.7 Å². The SMILES string of the molecule is CCOC(=O)[C@H](Cc1ccc(OCCN[C@H]2C3CN(Cc4cc(F)c(F)cc4F)C[C@@H]32)cc1)Oc1cc(F)cc(F)c1. The Balaban J connectivity index is 1.04. The van der Waals surface area contributed by atoms with Crippen LogP contribution in [0.5, 0.6) is 11.5 Å². The van der Waals surface area contributed by atoms with Crippen LogP contribution < -0.4 is 14.8 Å². The van der Waals surface area contributed by atoms with Gasteiger partial charge < -0.3 is 19.5 Å². The van der Waals surface area contributed by atoms with Crippen molar-refractivity contribution in [2.45, 2.75) is 32.0 Å². The van der Waals surface area contributed by atoms with Gasteiger partial charge in [-0.3, -0.25) is 4.90 Å². The largest absolute Gasteiger partial charge is 0.492 e. The number of benzene rings is 3. The predicted octanol–water partition coefficient (Wildman–Crippen LogP) is 5.03. The summed E-state index contributed by atoms with van der Waals surface area (Å²) in [4.78, 5) is 14.5. The van der Waals surface area contributed by atoms with E-state index in [0.29, 0.717) is 42.8 Å². The molecule has 0 aromatic heterocycles. The van der Waals surface area contributed by atoms with E-state index in [1.165, 1.54) is 0 Å². The molecule has 224 valence electrons. The standard InChI is InChI=1S/C31H31F5N2O4/c1-2-40-31(39)29(42-23-12-20(32)11-21(33)13-23)9-18-3-5-22(6-4-18)41-8-7-37-30-24-16-38(17-25(24)30)15-19-10-27(35)28(36)14-26(19)34/h3-6,10-14,24-25,29-30,37H,2,7-9,15-17H2,1H3/t24-,25?,29-,30+/m0/s1. The number of fused-ring (bicyclic) bond motifs is 1. The monoisotopic (exact) mass is 590 g/mol. The van der Waals surface area contributed by atoms with Crippen molar-refractivity contribution in [3.05, 3.63) is 94.8 Å². The number of nitrogens with zero attached hydrogens (tertiary/aromatic N) is 1. The van der Waals surface area contributed by atoms with E-state index < -0.39 is 41.2 Å². The topological polar surface area (TPSA) is 60.0 Å². The number of nitrogens with one attached hydrogen (secondary N) is 1. The van der Waals surface area contributed by atoms with Crippen molar-refractivity contribution in [1.82, 2.24) is 10.2 Å². The van der Waals surface area contributed by atoms with Crippen LogP contribution in [0.2, 0.25) is 0 Å². The first-order chi connectivity index (χ1) is 20.2. The van der Waals surface area contributed by atoms with E-state index >= 15 is 0 Å². The smallest absolute Gasteiger partial charge is 0.347 e. The van der Waals surface area contributed by atoms with Crippen LogP contribution in [0, 0.1) is 40.9 Å². The minimum absolute atomic E-state index is 0.109. The molecule has 3 aromatic carbocycles. The Labute approximate surface area is 240 Å². The second-order valence-corrected chi connectivity index (χ2v) is 10.5. The van der Waals surface area contributed by atoms with Crippen molar-refractivity contribution >= 4 is 5.97 Å². The number of hydrogen-bond donors (Lipinski definition) is 1. The highest BCUT2D eigenvalue weighted by Crippen LogP contribution is 2.45. The number of carbonyl (C=O) groups excluding carboxylic acids is 1. The molecular weight excluding hydrogens is 559 g/mol. The molecule has 5 rings (SSSR count). The van der Waals surface area contributed by atoms with Gasteiger partial charge >= 0.3 is 5.97 Å². The Morgan fingerprint density at radius 3 is 2.24 bits per heavy atom. The summed E-state index contributed by atoms with van der Waals surface area (Å²) in [6, 6.07) is 11.7. The van der Waals surface area contributed by atoms with Crippen molar-refractivity contribution < 1.29 is 41.0 Å². The average Bonchev–Trinajstić information content (AvgIpc) is 3.39. The first-order valence-electron chi connectivity index (χ1n) is 13.8. The molecule has 1 aliphatic carbocycles. The number of likely N-dealkylation sites (tertiary alicyclic amines) is 1. The van der Waals surface area contributed by atoms with Crippen LogP contribution in [0.15, 0.2) is 54.6 Å². The molecule has 1 saturated heterocycles. The normalized spacial score (nSPS) is 20.2. The predicted molar refractivity (Wildman–Crippen MR) is 143 cm³/mol. The fraction of sp³-hybridized carbons (Fsp3) is 0.387. The minimum atomic E-state index is -1.18. The summed E-state index contributed by atoms with van der Waals surface area (Å²) in [5.74, 6) is -3.85. The van der Waals surface area contributed by atoms with Gasteiger partial charge in [-0.1, -0.05) is 12.1 Å². The fourth-order valence-corrected chi connectivity index (χ4v) is 5.47. The third kappa shape index (κ3) is 7.38. The second kappa shape index (κ2) is 13.1. The number of esters is 1. The number of halogens is 5. The van der Waals surface area contributed by atoms with E-state index in [0.717, 1.165) is 42.9 Å². The van der Waals surface area contributed by atoms with Gasteiger partial charge in [0.2, 0.25) is 0 Å². The van der Waals surface area contributed by atoms with Gasteiger partial charge in [0, 0.05) is 68.5 Å².